The standard InChI is InChI=1S/C16H29N3O5/c1-2-3-4-5-6-7-8-9-13(20)17-10-14(21)18-11-15(22)19-12-16(23)24/h2-12H2,1H3,(H,17,20)(H,18,21)(H,19,22)(H,23,24). The third-order valence-corrected chi connectivity index (χ3v) is 3.34. The minimum absolute atomic E-state index is 0.186. The molecule has 138 valence electrons. The minimum atomic E-state index is -1.16. The molecular weight excluding hydrogens is 314 g/mol. The van der Waals surface area contributed by atoms with Gasteiger partial charge < -0.3 is 21.1 Å². The van der Waals surface area contributed by atoms with E-state index in [0.29, 0.717) is 6.42 Å². The van der Waals surface area contributed by atoms with Crippen molar-refractivity contribution in [3.63, 3.8) is 0 Å². The molecule has 0 radical (unpaired) electrons. The van der Waals surface area contributed by atoms with E-state index in [4.69, 9.17) is 5.11 Å². The van der Waals surface area contributed by atoms with E-state index in [1.165, 1.54) is 25.7 Å². The largest absolute Gasteiger partial charge is 0.480 e. The predicted molar refractivity (Wildman–Crippen MR) is 89.3 cm³/mol. The van der Waals surface area contributed by atoms with Crippen LogP contribution in [0.15, 0.2) is 0 Å². The molecule has 0 rings (SSSR count). The number of carbonyl (C=O) groups excluding carboxylic acids is 3. The summed E-state index contributed by atoms with van der Waals surface area (Å²) in [5.74, 6) is -2.44. The Morgan fingerprint density at radius 1 is 0.667 bits per heavy atom. The Morgan fingerprint density at radius 3 is 1.67 bits per heavy atom. The fraction of sp³-hybridized carbons (Fsp3) is 0.750. The zero-order chi connectivity index (χ0) is 18.2. The second-order valence-electron chi connectivity index (χ2n) is 5.60. The maximum Gasteiger partial charge on any atom is 0.322 e. The predicted octanol–water partition coefficient (Wildman–Crippen LogP) is 0.560. The number of amides is 3. The van der Waals surface area contributed by atoms with Crippen LogP contribution in [0.2, 0.25) is 0 Å². The lowest BCUT2D eigenvalue weighted by Gasteiger charge is -2.07. The molecular formula is C16H29N3O5. The molecule has 8 nitrogen and oxygen atoms in total. The number of hydrogen-bond acceptors (Lipinski definition) is 4. The summed E-state index contributed by atoms with van der Waals surface area (Å²) in [7, 11) is 0. The van der Waals surface area contributed by atoms with Crippen LogP contribution in [-0.2, 0) is 19.2 Å². The molecule has 8 heteroatoms. The van der Waals surface area contributed by atoms with Crippen molar-refractivity contribution in [2.45, 2.75) is 58.3 Å². The van der Waals surface area contributed by atoms with Crippen LogP contribution in [0.4, 0.5) is 0 Å². The van der Waals surface area contributed by atoms with Gasteiger partial charge in [0.15, 0.2) is 0 Å². The quantitative estimate of drug-likeness (QED) is 0.343. The Hall–Kier alpha value is -2.12. The van der Waals surface area contributed by atoms with Crippen LogP contribution in [0.25, 0.3) is 0 Å². The van der Waals surface area contributed by atoms with Crippen molar-refractivity contribution in [3.8, 4) is 0 Å². The number of rotatable bonds is 14. The first-order valence-electron chi connectivity index (χ1n) is 8.47. The number of unbranched alkanes of at least 4 members (excludes halogenated alkanes) is 6. The topological polar surface area (TPSA) is 125 Å². The van der Waals surface area contributed by atoms with Crippen LogP contribution in [0, 0.1) is 0 Å². The van der Waals surface area contributed by atoms with Crippen LogP contribution in [-0.4, -0.2) is 48.4 Å². The molecule has 0 aliphatic heterocycles. The van der Waals surface area contributed by atoms with Crippen molar-refractivity contribution in [2.24, 2.45) is 0 Å². The average molecular weight is 343 g/mol. The van der Waals surface area contributed by atoms with Gasteiger partial charge in [0, 0.05) is 6.42 Å². The minimum Gasteiger partial charge on any atom is -0.480 e. The van der Waals surface area contributed by atoms with Crippen molar-refractivity contribution < 1.29 is 24.3 Å². The fourth-order valence-electron chi connectivity index (χ4n) is 1.99. The fourth-order valence-corrected chi connectivity index (χ4v) is 1.99. The summed E-state index contributed by atoms with van der Waals surface area (Å²) < 4.78 is 0. The Kier molecular flexibility index (Phi) is 13.2. The molecule has 0 saturated carbocycles. The highest BCUT2D eigenvalue weighted by molar-refractivity contribution is 5.89. The van der Waals surface area contributed by atoms with Crippen molar-refractivity contribution in [2.75, 3.05) is 19.6 Å². The maximum atomic E-state index is 11.6. The van der Waals surface area contributed by atoms with Gasteiger partial charge in [0.2, 0.25) is 17.7 Å². The monoisotopic (exact) mass is 343 g/mol. The highest BCUT2D eigenvalue weighted by Gasteiger charge is 2.08. The summed E-state index contributed by atoms with van der Waals surface area (Å²) >= 11 is 0. The Bertz CT molecular complexity index is 413. The summed E-state index contributed by atoms with van der Waals surface area (Å²) in [6.45, 7) is 1.16. The lowest BCUT2D eigenvalue weighted by Crippen LogP contribution is -2.42. The van der Waals surface area contributed by atoms with Crippen LogP contribution >= 0.6 is 0 Å². The van der Waals surface area contributed by atoms with Gasteiger partial charge >= 0.3 is 5.97 Å². The molecule has 0 unspecified atom stereocenters. The molecule has 4 N–H and O–H groups in total. The normalized spacial score (nSPS) is 10.0. The van der Waals surface area contributed by atoms with E-state index in [2.05, 4.69) is 22.9 Å². The maximum absolute atomic E-state index is 11.6. The van der Waals surface area contributed by atoms with E-state index < -0.39 is 24.3 Å². The third-order valence-electron chi connectivity index (χ3n) is 3.34. The molecule has 3 amide bonds. The van der Waals surface area contributed by atoms with Crippen LogP contribution in [0.1, 0.15) is 58.3 Å². The molecule has 0 saturated heterocycles. The van der Waals surface area contributed by atoms with Gasteiger partial charge in [-0.15, -0.1) is 0 Å². The van der Waals surface area contributed by atoms with E-state index in [-0.39, 0.29) is 19.0 Å². The Labute approximate surface area is 142 Å². The highest BCUT2D eigenvalue weighted by Crippen LogP contribution is 2.08. The molecule has 0 atom stereocenters. The molecule has 0 aromatic heterocycles. The summed E-state index contributed by atoms with van der Waals surface area (Å²) in [5, 5.41) is 15.3. The smallest absolute Gasteiger partial charge is 0.322 e. The molecule has 0 aliphatic rings. The molecule has 0 aromatic carbocycles. The molecule has 0 fully saturated rings. The first-order chi connectivity index (χ1) is 11.5. The number of aliphatic carboxylic acids is 1. The van der Waals surface area contributed by atoms with Gasteiger partial charge in [-0.2, -0.15) is 0 Å². The lowest BCUT2D eigenvalue weighted by atomic mass is 10.1. The lowest BCUT2D eigenvalue weighted by molar-refractivity contribution is -0.137. The summed E-state index contributed by atoms with van der Waals surface area (Å²) in [5.41, 5.74) is 0. The molecule has 0 spiro atoms. The van der Waals surface area contributed by atoms with E-state index in [0.717, 1.165) is 19.3 Å². The van der Waals surface area contributed by atoms with Crippen LogP contribution in [0.3, 0.4) is 0 Å². The molecule has 0 heterocycles. The van der Waals surface area contributed by atoms with Crippen molar-refractivity contribution in [3.05, 3.63) is 0 Å². The average Bonchev–Trinajstić information content (AvgIpc) is 2.55. The number of carboxylic acids is 1. The second-order valence-corrected chi connectivity index (χ2v) is 5.60. The number of carbonyl (C=O) groups is 4. The Morgan fingerprint density at radius 2 is 1.12 bits per heavy atom. The SMILES string of the molecule is CCCCCCCCCC(=O)NCC(=O)NCC(=O)NCC(=O)O. The van der Waals surface area contributed by atoms with E-state index in [1.807, 2.05) is 0 Å². The Balaban J connectivity index is 3.56. The first kappa shape index (κ1) is 21.9. The van der Waals surface area contributed by atoms with Gasteiger partial charge in [0.1, 0.15) is 6.54 Å². The molecule has 0 aromatic rings. The number of carboxylic acid groups (broad SMARTS) is 1. The van der Waals surface area contributed by atoms with Gasteiger partial charge in [-0.25, -0.2) is 0 Å². The molecule has 0 bridgehead atoms. The third kappa shape index (κ3) is 14.8. The van der Waals surface area contributed by atoms with Crippen LogP contribution < -0.4 is 16.0 Å². The van der Waals surface area contributed by atoms with Crippen molar-refractivity contribution in [1.82, 2.24) is 16.0 Å². The zero-order valence-corrected chi connectivity index (χ0v) is 14.4. The van der Waals surface area contributed by atoms with E-state index >= 15 is 0 Å². The van der Waals surface area contributed by atoms with E-state index in [9.17, 15) is 19.2 Å². The zero-order valence-electron chi connectivity index (χ0n) is 14.4. The number of hydrogen-bond donors (Lipinski definition) is 4. The summed E-state index contributed by atoms with van der Waals surface area (Å²) in [6.07, 6.45) is 8.23. The second kappa shape index (κ2) is 14.5. The van der Waals surface area contributed by atoms with Crippen molar-refractivity contribution in [1.29, 1.82) is 0 Å². The molecule has 24 heavy (non-hydrogen) atoms. The number of nitrogens with one attached hydrogen (secondary N) is 3. The first-order valence-corrected chi connectivity index (χ1v) is 8.47. The van der Waals surface area contributed by atoms with Gasteiger partial charge in [0.05, 0.1) is 13.1 Å². The van der Waals surface area contributed by atoms with E-state index in [1.54, 1.807) is 0 Å². The van der Waals surface area contributed by atoms with Crippen molar-refractivity contribution >= 4 is 23.7 Å². The summed E-state index contributed by atoms with van der Waals surface area (Å²) in [4.78, 5) is 44.4. The van der Waals surface area contributed by atoms with Crippen LogP contribution in [0.5, 0.6) is 0 Å². The summed E-state index contributed by atoms with van der Waals surface area (Å²) in [6, 6.07) is 0. The van der Waals surface area contributed by atoms with Gasteiger partial charge in [-0.1, -0.05) is 45.4 Å². The highest BCUT2D eigenvalue weighted by atomic mass is 16.4. The molecule has 0 aliphatic carbocycles. The van der Waals surface area contributed by atoms with Gasteiger partial charge in [-0.3, -0.25) is 19.2 Å². The van der Waals surface area contributed by atoms with Gasteiger partial charge in [-0.05, 0) is 6.42 Å². The van der Waals surface area contributed by atoms with Gasteiger partial charge in [0.25, 0.3) is 0 Å².